The summed E-state index contributed by atoms with van der Waals surface area (Å²) in [5.74, 6) is -2.16. The Balaban J connectivity index is 2.49. The molecule has 0 aliphatic carbocycles. The van der Waals surface area contributed by atoms with Crippen molar-refractivity contribution in [1.29, 1.82) is 0 Å². The van der Waals surface area contributed by atoms with Crippen LogP contribution in [0.3, 0.4) is 0 Å². The standard InChI is InChI=1S/C12H10Cl3NO3/c13-8-3-1-7(2-4-8)5-6-16-11(17)9(14)10(15)12(18)19/h1-4H,5-6H2,(H,16,17)(H,18,19)/b10-9-. The Morgan fingerprint density at radius 3 is 2.21 bits per heavy atom. The van der Waals surface area contributed by atoms with Crippen LogP contribution in [0.2, 0.25) is 5.02 Å². The maximum atomic E-state index is 11.5. The van der Waals surface area contributed by atoms with Crippen LogP contribution in [-0.2, 0) is 16.0 Å². The molecule has 102 valence electrons. The van der Waals surface area contributed by atoms with Crippen molar-refractivity contribution >= 4 is 46.7 Å². The fourth-order valence-corrected chi connectivity index (χ4v) is 1.60. The SMILES string of the molecule is O=C(O)/C(Cl)=C(/Cl)C(=O)NCCc1ccc(Cl)cc1. The third-order valence-electron chi connectivity index (χ3n) is 2.19. The summed E-state index contributed by atoms with van der Waals surface area (Å²) in [5, 5.41) is 10.4. The average molecular weight is 323 g/mol. The minimum absolute atomic E-state index is 0.306. The number of carbonyl (C=O) groups is 2. The van der Waals surface area contributed by atoms with E-state index in [1.807, 2.05) is 12.1 Å². The number of halogens is 3. The molecule has 0 heterocycles. The van der Waals surface area contributed by atoms with Crippen molar-refractivity contribution in [2.75, 3.05) is 6.54 Å². The molecule has 1 aromatic carbocycles. The molecule has 0 aliphatic heterocycles. The largest absolute Gasteiger partial charge is 0.477 e. The second-order valence-electron chi connectivity index (χ2n) is 3.57. The Kier molecular flexibility index (Phi) is 6.15. The lowest BCUT2D eigenvalue weighted by Crippen LogP contribution is -2.26. The van der Waals surface area contributed by atoms with Crippen LogP contribution in [0.1, 0.15) is 5.56 Å². The Bertz CT molecular complexity index is 511. The van der Waals surface area contributed by atoms with Gasteiger partial charge < -0.3 is 10.4 Å². The quantitative estimate of drug-likeness (QED) is 0.819. The second kappa shape index (κ2) is 7.38. The van der Waals surface area contributed by atoms with Crippen molar-refractivity contribution in [2.24, 2.45) is 0 Å². The first kappa shape index (κ1) is 15.8. The summed E-state index contributed by atoms with van der Waals surface area (Å²) in [7, 11) is 0. The highest BCUT2D eigenvalue weighted by atomic mass is 35.5. The number of hydrogen-bond acceptors (Lipinski definition) is 2. The summed E-state index contributed by atoms with van der Waals surface area (Å²) in [6, 6.07) is 7.14. The van der Waals surface area contributed by atoms with Crippen LogP contribution in [0.5, 0.6) is 0 Å². The Morgan fingerprint density at radius 1 is 1.11 bits per heavy atom. The van der Waals surface area contributed by atoms with Crippen LogP contribution in [0.4, 0.5) is 0 Å². The van der Waals surface area contributed by atoms with E-state index >= 15 is 0 Å². The van der Waals surface area contributed by atoms with Gasteiger partial charge in [-0.3, -0.25) is 4.79 Å². The molecule has 0 bridgehead atoms. The van der Waals surface area contributed by atoms with Gasteiger partial charge >= 0.3 is 5.97 Å². The molecule has 0 atom stereocenters. The zero-order valence-electron chi connectivity index (χ0n) is 9.62. The summed E-state index contributed by atoms with van der Waals surface area (Å²) >= 11 is 16.6. The molecule has 0 spiro atoms. The fourth-order valence-electron chi connectivity index (χ4n) is 1.24. The minimum atomic E-state index is -1.44. The molecule has 1 aromatic rings. The molecule has 0 unspecified atom stereocenters. The molecule has 19 heavy (non-hydrogen) atoms. The van der Waals surface area contributed by atoms with E-state index in [4.69, 9.17) is 39.9 Å². The van der Waals surface area contributed by atoms with Crippen molar-refractivity contribution in [2.45, 2.75) is 6.42 Å². The van der Waals surface area contributed by atoms with Gasteiger partial charge in [-0.1, -0.05) is 46.9 Å². The molecule has 0 saturated heterocycles. The fraction of sp³-hybridized carbons (Fsp3) is 0.167. The highest BCUT2D eigenvalue weighted by molar-refractivity contribution is 6.53. The number of benzene rings is 1. The summed E-state index contributed by atoms with van der Waals surface area (Å²) in [6.45, 7) is 0.306. The first-order valence-electron chi connectivity index (χ1n) is 5.23. The molecule has 0 radical (unpaired) electrons. The first-order chi connectivity index (χ1) is 8.91. The van der Waals surface area contributed by atoms with E-state index in [9.17, 15) is 9.59 Å². The molecule has 0 saturated carbocycles. The van der Waals surface area contributed by atoms with Gasteiger partial charge in [-0.15, -0.1) is 0 Å². The zero-order valence-corrected chi connectivity index (χ0v) is 11.9. The van der Waals surface area contributed by atoms with Gasteiger partial charge in [-0.25, -0.2) is 4.79 Å². The number of aliphatic carboxylic acids is 1. The smallest absolute Gasteiger partial charge is 0.349 e. The molecule has 2 N–H and O–H groups in total. The minimum Gasteiger partial charge on any atom is -0.477 e. The average Bonchev–Trinajstić information content (AvgIpc) is 2.39. The van der Waals surface area contributed by atoms with Gasteiger partial charge in [-0.05, 0) is 24.1 Å². The number of carboxylic acids is 1. The van der Waals surface area contributed by atoms with E-state index in [0.717, 1.165) is 5.56 Å². The van der Waals surface area contributed by atoms with Crippen LogP contribution < -0.4 is 5.32 Å². The summed E-state index contributed by atoms with van der Waals surface area (Å²) in [4.78, 5) is 22.0. The molecule has 1 rings (SSSR count). The number of nitrogens with one attached hydrogen (secondary N) is 1. The van der Waals surface area contributed by atoms with E-state index in [0.29, 0.717) is 18.0 Å². The summed E-state index contributed by atoms with van der Waals surface area (Å²) in [5.41, 5.74) is 0.981. The van der Waals surface area contributed by atoms with E-state index in [-0.39, 0.29) is 0 Å². The monoisotopic (exact) mass is 321 g/mol. The number of rotatable bonds is 5. The van der Waals surface area contributed by atoms with Crippen LogP contribution in [0, 0.1) is 0 Å². The predicted molar refractivity (Wildman–Crippen MR) is 74.5 cm³/mol. The van der Waals surface area contributed by atoms with Crippen molar-refractivity contribution in [1.82, 2.24) is 5.32 Å². The Labute approximate surface area is 125 Å². The van der Waals surface area contributed by atoms with Gasteiger partial charge in [0.15, 0.2) is 0 Å². The van der Waals surface area contributed by atoms with Gasteiger partial charge in [0.25, 0.3) is 5.91 Å². The van der Waals surface area contributed by atoms with E-state index in [1.54, 1.807) is 12.1 Å². The Hall–Kier alpha value is -1.23. The third kappa shape index (κ3) is 5.11. The topological polar surface area (TPSA) is 66.4 Å². The predicted octanol–water partition coefficient (Wildman–Crippen LogP) is 2.77. The number of carboxylic acid groups (broad SMARTS) is 1. The van der Waals surface area contributed by atoms with Crippen LogP contribution >= 0.6 is 34.8 Å². The molecule has 1 amide bonds. The highest BCUT2D eigenvalue weighted by Crippen LogP contribution is 2.14. The van der Waals surface area contributed by atoms with Gasteiger partial charge in [-0.2, -0.15) is 0 Å². The van der Waals surface area contributed by atoms with E-state index in [1.165, 1.54) is 0 Å². The van der Waals surface area contributed by atoms with Crippen molar-refractivity contribution in [3.63, 3.8) is 0 Å². The summed E-state index contributed by atoms with van der Waals surface area (Å²) in [6.07, 6.45) is 0.567. The van der Waals surface area contributed by atoms with Gasteiger partial charge in [0, 0.05) is 11.6 Å². The van der Waals surface area contributed by atoms with Crippen LogP contribution in [0.25, 0.3) is 0 Å². The lowest BCUT2D eigenvalue weighted by Gasteiger charge is -2.05. The summed E-state index contributed by atoms with van der Waals surface area (Å²) < 4.78 is 0. The number of amides is 1. The molecular formula is C12H10Cl3NO3. The van der Waals surface area contributed by atoms with Crippen molar-refractivity contribution in [3.8, 4) is 0 Å². The van der Waals surface area contributed by atoms with Crippen LogP contribution in [-0.4, -0.2) is 23.5 Å². The van der Waals surface area contributed by atoms with Crippen molar-refractivity contribution in [3.05, 3.63) is 44.9 Å². The number of hydrogen-bond donors (Lipinski definition) is 2. The lowest BCUT2D eigenvalue weighted by molar-refractivity contribution is -0.132. The molecular weight excluding hydrogens is 312 g/mol. The third-order valence-corrected chi connectivity index (χ3v) is 3.25. The normalized spacial score (nSPS) is 11.7. The molecule has 0 fully saturated rings. The molecule has 7 heteroatoms. The molecule has 0 aliphatic rings. The highest BCUT2D eigenvalue weighted by Gasteiger charge is 2.16. The van der Waals surface area contributed by atoms with E-state index < -0.39 is 21.9 Å². The van der Waals surface area contributed by atoms with Gasteiger partial charge in [0.2, 0.25) is 0 Å². The second-order valence-corrected chi connectivity index (χ2v) is 4.76. The van der Waals surface area contributed by atoms with Crippen molar-refractivity contribution < 1.29 is 14.7 Å². The maximum Gasteiger partial charge on any atom is 0.349 e. The van der Waals surface area contributed by atoms with E-state index in [2.05, 4.69) is 5.32 Å². The van der Waals surface area contributed by atoms with Gasteiger partial charge in [0.1, 0.15) is 10.1 Å². The van der Waals surface area contributed by atoms with Crippen LogP contribution in [0.15, 0.2) is 34.3 Å². The number of carbonyl (C=O) groups excluding carboxylic acids is 1. The zero-order chi connectivity index (χ0) is 14.4. The lowest BCUT2D eigenvalue weighted by atomic mass is 10.1. The molecule has 0 aromatic heterocycles. The maximum absolute atomic E-state index is 11.5. The Morgan fingerprint density at radius 2 is 1.68 bits per heavy atom. The first-order valence-corrected chi connectivity index (χ1v) is 6.36. The molecule has 4 nitrogen and oxygen atoms in total. The van der Waals surface area contributed by atoms with Gasteiger partial charge in [0.05, 0.1) is 0 Å².